The van der Waals surface area contributed by atoms with Crippen LogP contribution in [0.2, 0.25) is 0 Å². The molecular formula is C10H10BrN3O. The number of hydrogen-bond acceptors (Lipinski definition) is 2. The van der Waals surface area contributed by atoms with E-state index in [1.807, 2.05) is 29.2 Å². The van der Waals surface area contributed by atoms with Gasteiger partial charge in [0.05, 0.1) is 11.0 Å². The third-order valence-corrected chi connectivity index (χ3v) is 3.06. The predicted molar refractivity (Wildman–Crippen MR) is 64.0 cm³/mol. The second kappa shape index (κ2) is 4.53. The zero-order valence-electron chi connectivity index (χ0n) is 8.06. The fraction of sp³-hybridized carbons (Fsp3) is 0.300. The van der Waals surface area contributed by atoms with Crippen molar-refractivity contribution >= 4 is 27.5 Å². The Morgan fingerprint density at radius 2 is 2.13 bits per heavy atom. The van der Waals surface area contributed by atoms with Gasteiger partial charge in [-0.15, -0.1) is 4.91 Å². The van der Waals surface area contributed by atoms with Gasteiger partial charge < -0.3 is 4.90 Å². The molecule has 0 N–H and O–H groups in total. The molecule has 0 aliphatic carbocycles. The van der Waals surface area contributed by atoms with E-state index in [9.17, 15) is 4.91 Å². The number of rotatable bonds is 2. The summed E-state index contributed by atoms with van der Waals surface area (Å²) in [6.07, 6.45) is 1.82. The minimum atomic E-state index is 0.747. The van der Waals surface area contributed by atoms with Gasteiger partial charge >= 0.3 is 0 Å². The Balaban J connectivity index is 2.35. The van der Waals surface area contributed by atoms with Crippen LogP contribution in [0.1, 0.15) is 12.8 Å². The lowest BCUT2D eigenvalue weighted by molar-refractivity contribution is 0.955. The highest BCUT2D eigenvalue weighted by Crippen LogP contribution is 2.29. The summed E-state index contributed by atoms with van der Waals surface area (Å²) in [5, 5.41) is 6.22. The Kier molecular flexibility index (Phi) is 3.11. The molecule has 1 aromatic carbocycles. The Bertz CT molecular complexity index is 405. The van der Waals surface area contributed by atoms with Gasteiger partial charge in [0.1, 0.15) is 5.84 Å². The topological polar surface area (TPSA) is 45.0 Å². The first-order chi connectivity index (χ1) is 7.33. The van der Waals surface area contributed by atoms with Crippen LogP contribution >= 0.6 is 15.9 Å². The molecule has 0 atom stereocenters. The van der Waals surface area contributed by atoms with E-state index in [1.54, 1.807) is 0 Å². The third kappa shape index (κ3) is 2.07. The van der Waals surface area contributed by atoms with E-state index >= 15 is 0 Å². The number of hydrogen-bond donors (Lipinski definition) is 0. The Morgan fingerprint density at radius 3 is 2.87 bits per heavy atom. The standard InChI is InChI=1S/C10H10BrN3O/c11-8-4-1-2-5-9(8)14-7-3-6-10(14)12-13-15/h1-2,4-5H,3,6-7H2/b12-10+. The lowest BCUT2D eigenvalue weighted by Crippen LogP contribution is -2.24. The normalized spacial score (nSPS) is 18.5. The van der Waals surface area contributed by atoms with Crippen LogP contribution in [0.3, 0.4) is 0 Å². The summed E-state index contributed by atoms with van der Waals surface area (Å²) in [5.41, 5.74) is 1.04. The average Bonchev–Trinajstić information content (AvgIpc) is 2.67. The van der Waals surface area contributed by atoms with Gasteiger partial charge in [-0.2, -0.15) is 0 Å². The molecular weight excluding hydrogens is 258 g/mol. The van der Waals surface area contributed by atoms with Crippen LogP contribution in [0.4, 0.5) is 5.69 Å². The smallest absolute Gasteiger partial charge is 0.135 e. The molecule has 0 spiro atoms. The number of amidine groups is 1. The number of halogens is 1. The van der Waals surface area contributed by atoms with Gasteiger partial charge in [0.2, 0.25) is 0 Å². The SMILES string of the molecule is O=N/N=C1\CCCN1c1ccccc1Br. The predicted octanol–water partition coefficient (Wildman–Crippen LogP) is 3.13. The summed E-state index contributed by atoms with van der Waals surface area (Å²) >= 11 is 3.48. The van der Waals surface area contributed by atoms with Crippen molar-refractivity contribution in [1.82, 2.24) is 0 Å². The van der Waals surface area contributed by atoms with E-state index in [0.29, 0.717) is 0 Å². The highest BCUT2D eigenvalue weighted by molar-refractivity contribution is 9.10. The van der Waals surface area contributed by atoms with Crippen molar-refractivity contribution in [1.29, 1.82) is 0 Å². The van der Waals surface area contributed by atoms with E-state index in [1.165, 1.54) is 0 Å². The summed E-state index contributed by atoms with van der Waals surface area (Å²) in [7, 11) is 0. The molecule has 2 rings (SSSR count). The van der Waals surface area contributed by atoms with Gasteiger partial charge in [-0.05, 0) is 34.5 Å². The quantitative estimate of drug-likeness (QED) is 0.611. The summed E-state index contributed by atoms with van der Waals surface area (Å²) in [6, 6.07) is 7.89. The summed E-state index contributed by atoms with van der Waals surface area (Å²) in [4.78, 5) is 12.2. The van der Waals surface area contributed by atoms with Crippen molar-refractivity contribution in [2.24, 2.45) is 10.4 Å². The van der Waals surface area contributed by atoms with Gasteiger partial charge in [-0.3, -0.25) is 0 Å². The van der Waals surface area contributed by atoms with Crippen LogP contribution in [0.25, 0.3) is 0 Å². The van der Waals surface area contributed by atoms with Crippen molar-refractivity contribution < 1.29 is 0 Å². The maximum absolute atomic E-state index is 10.1. The van der Waals surface area contributed by atoms with Gasteiger partial charge in [0, 0.05) is 17.4 Å². The molecule has 1 aliphatic heterocycles. The van der Waals surface area contributed by atoms with Gasteiger partial charge in [0.15, 0.2) is 0 Å². The van der Waals surface area contributed by atoms with Crippen molar-refractivity contribution in [3.8, 4) is 0 Å². The highest BCUT2D eigenvalue weighted by Gasteiger charge is 2.21. The molecule has 1 fully saturated rings. The molecule has 0 unspecified atom stereocenters. The molecule has 0 radical (unpaired) electrons. The van der Waals surface area contributed by atoms with Crippen LogP contribution < -0.4 is 4.90 Å². The molecule has 4 nitrogen and oxygen atoms in total. The van der Waals surface area contributed by atoms with Crippen molar-refractivity contribution in [2.75, 3.05) is 11.4 Å². The molecule has 0 amide bonds. The molecule has 1 aromatic rings. The number of nitroso groups, excluding NO2 is 1. The lowest BCUT2D eigenvalue weighted by atomic mass is 10.3. The Hall–Kier alpha value is -1.23. The molecule has 0 bridgehead atoms. The fourth-order valence-electron chi connectivity index (χ4n) is 1.74. The van der Waals surface area contributed by atoms with Crippen molar-refractivity contribution in [2.45, 2.75) is 12.8 Å². The zero-order chi connectivity index (χ0) is 10.7. The second-order valence-corrected chi connectivity index (χ2v) is 4.16. The molecule has 1 heterocycles. The van der Waals surface area contributed by atoms with E-state index in [2.05, 4.69) is 26.3 Å². The monoisotopic (exact) mass is 267 g/mol. The van der Waals surface area contributed by atoms with Crippen LogP contribution in [-0.4, -0.2) is 12.4 Å². The zero-order valence-corrected chi connectivity index (χ0v) is 9.64. The maximum Gasteiger partial charge on any atom is 0.135 e. The molecule has 78 valence electrons. The summed E-state index contributed by atoms with van der Waals surface area (Å²) in [6.45, 7) is 0.886. The lowest BCUT2D eigenvalue weighted by Gasteiger charge is -2.19. The van der Waals surface area contributed by atoms with Gasteiger partial charge in [0.25, 0.3) is 0 Å². The number of nitrogens with zero attached hydrogens (tertiary/aromatic N) is 3. The minimum absolute atomic E-state index is 0.747. The van der Waals surface area contributed by atoms with E-state index in [0.717, 1.165) is 35.4 Å². The Labute approximate surface area is 96.1 Å². The van der Waals surface area contributed by atoms with E-state index in [4.69, 9.17) is 0 Å². The van der Waals surface area contributed by atoms with Crippen LogP contribution in [0.5, 0.6) is 0 Å². The number of benzene rings is 1. The molecule has 5 heteroatoms. The number of para-hydroxylation sites is 1. The number of anilines is 1. The van der Waals surface area contributed by atoms with Crippen LogP contribution in [0.15, 0.2) is 39.1 Å². The molecule has 15 heavy (non-hydrogen) atoms. The summed E-state index contributed by atoms with van der Waals surface area (Å²) in [5.74, 6) is 0.747. The molecule has 1 saturated heterocycles. The second-order valence-electron chi connectivity index (χ2n) is 3.30. The van der Waals surface area contributed by atoms with E-state index in [-0.39, 0.29) is 0 Å². The fourth-order valence-corrected chi connectivity index (χ4v) is 2.24. The Morgan fingerprint density at radius 1 is 1.33 bits per heavy atom. The first-order valence-electron chi connectivity index (χ1n) is 4.74. The molecule has 0 aromatic heterocycles. The molecule has 1 aliphatic rings. The average molecular weight is 268 g/mol. The minimum Gasteiger partial charge on any atom is -0.327 e. The van der Waals surface area contributed by atoms with Crippen molar-refractivity contribution in [3.05, 3.63) is 33.6 Å². The van der Waals surface area contributed by atoms with Crippen LogP contribution in [0, 0.1) is 4.91 Å². The first-order valence-corrected chi connectivity index (χ1v) is 5.53. The first kappa shape index (κ1) is 10.3. The van der Waals surface area contributed by atoms with Gasteiger partial charge in [-0.1, -0.05) is 17.2 Å². The largest absolute Gasteiger partial charge is 0.327 e. The van der Waals surface area contributed by atoms with Crippen LogP contribution in [-0.2, 0) is 0 Å². The third-order valence-electron chi connectivity index (χ3n) is 2.39. The maximum atomic E-state index is 10.1. The highest BCUT2D eigenvalue weighted by atomic mass is 79.9. The van der Waals surface area contributed by atoms with E-state index < -0.39 is 0 Å². The molecule has 0 saturated carbocycles. The van der Waals surface area contributed by atoms with Crippen molar-refractivity contribution in [3.63, 3.8) is 0 Å². The van der Waals surface area contributed by atoms with Gasteiger partial charge in [-0.25, -0.2) is 0 Å². The summed E-state index contributed by atoms with van der Waals surface area (Å²) < 4.78 is 1.01.